The lowest BCUT2D eigenvalue weighted by Crippen LogP contribution is -2.49. The maximum atomic E-state index is 12.5. The first-order valence-electron chi connectivity index (χ1n) is 6.79. The van der Waals surface area contributed by atoms with Crippen molar-refractivity contribution in [2.75, 3.05) is 13.1 Å². The van der Waals surface area contributed by atoms with Gasteiger partial charge in [0.2, 0.25) is 0 Å². The van der Waals surface area contributed by atoms with E-state index in [-0.39, 0.29) is 18.0 Å². The van der Waals surface area contributed by atoms with Gasteiger partial charge in [-0.05, 0) is 20.3 Å². The molecule has 2 saturated heterocycles. The average Bonchev–Trinajstić information content (AvgIpc) is 3.04. The summed E-state index contributed by atoms with van der Waals surface area (Å²) in [6.07, 6.45) is 2.17. The lowest BCUT2D eigenvalue weighted by molar-refractivity contribution is -0.132. The normalized spacial score (nSPS) is 27.1. The zero-order valence-corrected chi connectivity index (χ0v) is 11.6. The fraction of sp³-hybridized carbons (Fsp3) is 0.615. The summed E-state index contributed by atoms with van der Waals surface area (Å²) in [5.74, 6) is -0.111. The van der Waals surface area contributed by atoms with Gasteiger partial charge < -0.3 is 9.84 Å². The van der Waals surface area contributed by atoms with Crippen LogP contribution >= 0.6 is 0 Å². The van der Waals surface area contributed by atoms with Crippen LogP contribution < -0.4 is 5.32 Å². The molecule has 3 amide bonds. The van der Waals surface area contributed by atoms with Crippen LogP contribution in [-0.2, 0) is 11.3 Å². The van der Waals surface area contributed by atoms with Gasteiger partial charge in [0.05, 0.1) is 5.69 Å². The first kappa shape index (κ1) is 13.1. The Hall–Kier alpha value is -1.89. The van der Waals surface area contributed by atoms with E-state index in [0.717, 1.165) is 12.2 Å². The number of amides is 3. The topological polar surface area (TPSA) is 78.7 Å². The minimum atomic E-state index is -0.759. The third kappa shape index (κ3) is 1.98. The summed E-state index contributed by atoms with van der Waals surface area (Å²) in [7, 11) is 0. The van der Waals surface area contributed by atoms with Crippen LogP contribution in [0.1, 0.15) is 26.0 Å². The van der Waals surface area contributed by atoms with E-state index in [2.05, 4.69) is 15.4 Å². The number of aromatic nitrogens is 1. The van der Waals surface area contributed by atoms with Crippen molar-refractivity contribution in [1.82, 2.24) is 20.3 Å². The Morgan fingerprint density at radius 1 is 1.50 bits per heavy atom. The van der Waals surface area contributed by atoms with Crippen molar-refractivity contribution < 1.29 is 14.1 Å². The highest BCUT2D eigenvalue weighted by atomic mass is 16.5. The average molecular weight is 278 g/mol. The zero-order chi connectivity index (χ0) is 14.3. The van der Waals surface area contributed by atoms with Crippen LogP contribution in [0.3, 0.4) is 0 Å². The lowest BCUT2D eigenvalue weighted by Gasteiger charge is -2.22. The number of carbonyl (C=O) groups is 2. The molecule has 0 aromatic carbocycles. The van der Waals surface area contributed by atoms with Crippen molar-refractivity contribution in [3.8, 4) is 0 Å². The number of nitrogens with zero attached hydrogens (tertiary/aromatic N) is 3. The second-order valence-corrected chi connectivity index (χ2v) is 5.73. The molecule has 7 heteroatoms. The Bertz CT molecular complexity index is 528. The minimum Gasteiger partial charge on any atom is -0.364 e. The summed E-state index contributed by atoms with van der Waals surface area (Å²) < 4.78 is 4.81. The quantitative estimate of drug-likeness (QED) is 0.818. The number of hydrogen-bond acceptors (Lipinski definition) is 5. The molecular formula is C13H18N4O3. The number of carbonyl (C=O) groups excluding carboxylic acids is 2. The van der Waals surface area contributed by atoms with E-state index in [4.69, 9.17) is 4.52 Å². The SMILES string of the molecule is CC(C)N1C(=O)N[C@]2(CCN(Cc3ccon3)C2)C1=O. The molecule has 0 unspecified atom stereocenters. The van der Waals surface area contributed by atoms with Crippen molar-refractivity contribution in [2.24, 2.45) is 0 Å². The zero-order valence-electron chi connectivity index (χ0n) is 11.6. The largest absolute Gasteiger partial charge is 0.364 e. The van der Waals surface area contributed by atoms with Gasteiger partial charge in [-0.3, -0.25) is 14.6 Å². The highest BCUT2D eigenvalue weighted by Gasteiger charge is 2.55. The summed E-state index contributed by atoms with van der Waals surface area (Å²) in [6, 6.07) is 1.40. The molecule has 7 nitrogen and oxygen atoms in total. The molecule has 0 saturated carbocycles. The number of rotatable bonds is 3. The van der Waals surface area contributed by atoms with Gasteiger partial charge >= 0.3 is 6.03 Å². The lowest BCUT2D eigenvalue weighted by atomic mass is 9.98. The molecule has 2 aliphatic rings. The fourth-order valence-electron chi connectivity index (χ4n) is 2.96. The number of urea groups is 1. The van der Waals surface area contributed by atoms with Crippen LogP contribution in [-0.4, -0.2) is 51.6 Å². The van der Waals surface area contributed by atoms with Gasteiger partial charge in [0.1, 0.15) is 11.8 Å². The maximum absolute atomic E-state index is 12.5. The second-order valence-electron chi connectivity index (χ2n) is 5.73. The van der Waals surface area contributed by atoms with Gasteiger partial charge in [-0.25, -0.2) is 4.79 Å². The number of likely N-dealkylation sites (tertiary alicyclic amines) is 1. The van der Waals surface area contributed by atoms with E-state index in [1.165, 1.54) is 11.2 Å². The molecule has 0 aliphatic carbocycles. The van der Waals surface area contributed by atoms with E-state index in [1.807, 2.05) is 13.8 Å². The predicted molar refractivity (Wildman–Crippen MR) is 69.6 cm³/mol. The summed E-state index contributed by atoms with van der Waals surface area (Å²) in [6.45, 7) is 5.60. The molecule has 2 aliphatic heterocycles. The van der Waals surface area contributed by atoms with Crippen molar-refractivity contribution in [2.45, 2.75) is 38.4 Å². The molecule has 1 spiro atoms. The highest BCUT2D eigenvalue weighted by molar-refractivity contribution is 6.07. The van der Waals surface area contributed by atoms with E-state index in [1.54, 1.807) is 6.07 Å². The standard InChI is InChI=1S/C13H18N4O3/c1-9(2)17-11(18)13(14-12(17)19)4-5-16(8-13)7-10-3-6-20-15-10/h3,6,9H,4-5,7-8H2,1-2H3,(H,14,19)/t13-/m0/s1. The van der Waals surface area contributed by atoms with Crippen molar-refractivity contribution in [1.29, 1.82) is 0 Å². The Morgan fingerprint density at radius 3 is 2.90 bits per heavy atom. The molecule has 1 N–H and O–H groups in total. The third-order valence-corrected chi connectivity index (χ3v) is 3.93. The van der Waals surface area contributed by atoms with Gasteiger partial charge in [0, 0.05) is 31.7 Å². The first-order chi connectivity index (χ1) is 9.52. The number of hydrogen-bond donors (Lipinski definition) is 1. The fourth-order valence-corrected chi connectivity index (χ4v) is 2.96. The second kappa shape index (κ2) is 4.59. The number of nitrogens with one attached hydrogen (secondary N) is 1. The Labute approximate surface area is 116 Å². The van der Waals surface area contributed by atoms with Crippen molar-refractivity contribution >= 4 is 11.9 Å². The molecule has 1 aromatic heterocycles. The Kier molecular flexibility index (Phi) is 3.01. The molecule has 2 fully saturated rings. The Balaban J connectivity index is 1.73. The Morgan fingerprint density at radius 2 is 2.30 bits per heavy atom. The first-order valence-corrected chi connectivity index (χ1v) is 6.79. The molecule has 108 valence electrons. The predicted octanol–water partition coefficient (Wildman–Crippen LogP) is 0.579. The van der Waals surface area contributed by atoms with Crippen molar-refractivity contribution in [3.63, 3.8) is 0 Å². The molecule has 20 heavy (non-hydrogen) atoms. The van der Waals surface area contributed by atoms with Gasteiger partial charge in [-0.15, -0.1) is 0 Å². The molecule has 0 bridgehead atoms. The summed E-state index contributed by atoms with van der Waals surface area (Å²) in [4.78, 5) is 27.9. The van der Waals surface area contributed by atoms with Gasteiger partial charge in [-0.1, -0.05) is 5.16 Å². The highest BCUT2D eigenvalue weighted by Crippen LogP contribution is 2.30. The van der Waals surface area contributed by atoms with Crippen molar-refractivity contribution in [3.05, 3.63) is 18.0 Å². The molecule has 1 atom stereocenters. The van der Waals surface area contributed by atoms with Gasteiger partial charge in [0.25, 0.3) is 5.91 Å². The third-order valence-electron chi connectivity index (χ3n) is 3.93. The van der Waals surface area contributed by atoms with Crippen LogP contribution in [0.5, 0.6) is 0 Å². The van der Waals surface area contributed by atoms with Crippen LogP contribution in [0.15, 0.2) is 16.9 Å². The van der Waals surface area contributed by atoms with Crippen LogP contribution in [0.25, 0.3) is 0 Å². The van der Waals surface area contributed by atoms with E-state index in [9.17, 15) is 9.59 Å². The molecule has 3 rings (SSSR count). The van der Waals surface area contributed by atoms with Crippen LogP contribution in [0, 0.1) is 0 Å². The van der Waals surface area contributed by atoms with E-state index in [0.29, 0.717) is 19.5 Å². The summed E-state index contributed by atoms with van der Waals surface area (Å²) >= 11 is 0. The minimum absolute atomic E-state index is 0.111. The summed E-state index contributed by atoms with van der Waals surface area (Å²) in [5, 5.41) is 6.74. The van der Waals surface area contributed by atoms with E-state index >= 15 is 0 Å². The van der Waals surface area contributed by atoms with Crippen LogP contribution in [0.4, 0.5) is 4.79 Å². The molecule has 3 heterocycles. The van der Waals surface area contributed by atoms with Crippen LogP contribution in [0.2, 0.25) is 0 Å². The number of imide groups is 1. The smallest absolute Gasteiger partial charge is 0.325 e. The van der Waals surface area contributed by atoms with Gasteiger partial charge in [-0.2, -0.15) is 0 Å². The maximum Gasteiger partial charge on any atom is 0.325 e. The summed E-state index contributed by atoms with van der Waals surface area (Å²) in [5.41, 5.74) is 0.0741. The van der Waals surface area contributed by atoms with E-state index < -0.39 is 5.54 Å². The van der Waals surface area contributed by atoms with Gasteiger partial charge in [0.15, 0.2) is 0 Å². The molecule has 0 radical (unpaired) electrons. The monoisotopic (exact) mass is 278 g/mol. The molecule has 1 aromatic rings. The molecular weight excluding hydrogens is 260 g/mol.